The van der Waals surface area contributed by atoms with Crippen LogP contribution in [0.15, 0.2) is 12.1 Å². The van der Waals surface area contributed by atoms with Crippen LogP contribution < -0.4 is 15.4 Å². The Bertz CT molecular complexity index is 354. The van der Waals surface area contributed by atoms with E-state index in [1.54, 1.807) is 12.1 Å². The van der Waals surface area contributed by atoms with Crippen LogP contribution in [0.4, 0.5) is 0 Å². The molecule has 1 aromatic rings. The zero-order valence-corrected chi connectivity index (χ0v) is 8.23. The van der Waals surface area contributed by atoms with E-state index in [0.717, 1.165) is 6.42 Å². The Morgan fingerprint density at radius 1 is 1.33 bits per heavy atom. The van der Waals surface area contributed by atoms with Crippen LogP contribution in [0.5, 0.6) is 17.2 Å². The molecule has 0 radical (unpaired) electrons. The van der Waals surface area contributed by atoms with Crippen molar-refractivity contribution < 1.29 is 19.4 Å². The van der Waals surface area contributed by atoms with Crippen LogP contribution in [0, 0.1) is 0 Å². The van der Waals surface area contributed by atoms with Crippen molar-refractivity contribution in [2.24, 2.45) is 5.90 Å². The highest BCUT2D eigenvalue weighted by molar-refractivity contribution is 5.53. The first kappa shape index (κ1) is 10.1. The summed E-state index contributed by atoms with van der Waals surface area (Å²) in [5.41, 5.74) is 0.525. The lowest BCUT2D eigenvalue weighted by Crippen LogP contribution is -2.03. The lowest BCUT2D eigenvalue weighted by molar-refractivity contribution is 0.119. The Kier molecular flexibility index (Phi) is 2.94. The summed E-state index contributed by atoms with van der Waals surface area (Å²) in [6, 6.07) is 3.22. The fourth-order valence-corrected chi connectivity index (χ4v) is 1.51. The Hall–Kier alpha value is -1.46. The van der Waals surface area contributed by atoms with Crippen LogP contribution in [-0.2, 0) is 11.4 Å². The smallest absolute Gasteiger partial charge is 0.170 e. The second-order valence-electron chi connectivity index (χ2n) is 3.25. The van der Waals surface area contributed by atoms with Crippen molar-refractivity contribution in [1.82, 2.24) is 0 Å². The minimum absolute atomic E-state index is 0.0956. The van der Waals surface area contributed by atoms with Gasteiger partial charge in [-0.1, -0.05) is 0 Å². The first-order valence-electron chi connectivity index (χ1n) is 4.75. The van der Waals surface area contributed by atoms with Gasteiger partial charge < -0.3 is 14.6 Å². The summed E-state index contributed by atoms with van der Waals surface area (Å²) in [7, 11) is 0. The Balaban J connectivity index is 2.42. The molecule has 0 unspecified atom stereocenters. The van der Waals surface area contributed by atoms with Crippen LogP contribution in [0.2, 0.25) is 0 Å². The fourth-order valence-electron chi connectivity index (χ4n) is 1.51. The van der Waals surface area contributed by atoms with Gasteiger partial charge in [-0.3, -0.25) is 4.84 Å². The van der Waals surface area contributed by atoms with Crippen LogP contribution in [-0.4, -0.2) is 18.3 Å². The molecule has 15 heavy (non-hydrogen) atoms. The number of ether oxygens (including phenoxy) is 2. The number of aromatic hydroxyl groups is 1. The van der Waals surface area contributed by atoms with Gasteiger partial charge in [0, 0.05) is 6.42 Å². The molecule has 0 aromatic heterocycles. The second kappa shape index (κ2) is 4.37. The van der Waals surface area contributed by atoms with Crippen molar-refractivity contribution in [1.29, 1.82) is 0 Å². The van der Waals surface area contributed by atoms with Crippen LogP contribution in [0.25, 0.3) is 0 Å². The average molecular weight is 211 g/mol. The summed E-state index contributed by atoms with van der Waals surface area (Å²) in [6.45, 7) is 1.27. The molecule has 0 fully saturated rings. The number of rotatable bonds is 2. The normalized spacial score (nSPS) is 14.7. The molecule has 1 heterocycles. The molecule has 0 atom stereocenters. The number of phenolic OH excluding ortho intramolecular Hbond substituents is 1. The molecule has 0 aliphatic carbocycles. The Morgan fingerprint density at radius 2 is 2.13 bits per heavy atom. The predicted molar refractivity (Wildman–Crippen MR) is 52.7 cm³/mol. The number of phenols is 1. The number of hydrogen-bond donors (Lipinski definition) is 2. The molecular formula is C10H13NO4. The molecule has 0 bridgehead atoms. The largest absolute Gasteiger partial charge is 0.507 e. The van der Waals surface area contributed by atoms with Crippen molar-refractivity contribution in [2.45, 2.75) is 13.0 Å². The standard InChI is InChI=1S/C10H13NO4/c11-15-6-7-8(12)2-3-9-10(7)14-5-1-4-13-9/h2-3,12H,1,4-6,11H2. The molecule has 3 N–H and O–H groups in total. The van der Waals surface area contributed by atoms with Gasteiger partial charge in [0.15, 0.2) is 11.5 Å². The fraction of sp³-hybridized carbons (Fsp3) is 0.400. The zero-order chi connectivity index (χ0) is 10.7. The molecule has 1 aliphatic rings. The molecule has 5 heteroatoms. The highest BCUT2D eigenvalue weighted by atomic mass is 16.6. The lowest BCUT2D eigenvalue weighted by Gasteiger charge is -2.12. The quantitative estimate of drug-likeness (QED) is 0.712. The highest BCUT2D eigenvalue weighted by Crippen LogP contribution is 2.38. The number of nitrogens with two attached hydrogens (primary N) is 1. The van der Waals surface area contributed by atoms with E-state index in [2.05, 4.69) is 4.84 Å². The van der Waals surface area contributed by atoms with E-state index < -0.39 is 0 Å². The number of hydrogen-bond acceptors (Lipinski definition) is 5. The van der Waals surface area contributed by atoms with Gasteiger partial charge in [0.25, 0.3) is 0 Å². The summed E-state index contributed by atoms with van der Waals surface area (Å²) >= 11 is 0. The van der Waals surface area contributed by atoms with Crippen molar-refractivity contribution in [3.8, 4) is 17.2 Å². The Labute approximate surface area is 87.3 Å². The average Bonchev–Trinajstić information content (AvgIpc) is 2.47. The van der Waals surface area contributed by atoms with Crippen LogP contribution in [0.3, 0.4) is 0 Å². The third-order valence-electron chi connectivity index (χ3n) is 2.22. The second-order valence-corrected chi connectivity index (χ2v) is 3.25. The molecule has 0 spiro atoms. The van der Waals surface area contributed by atoms with Crippen LogP contribution >= 0.6 is 0 Å². The van der Waals surface area contributed by atoms with Gasteiger partial charge >= 0.3 is 0 Å². The van der Waals surface area contributed by atoms with Crippen molar-refractivity contribution in [2.75, 3.05) is 13.2 Å². The monoisotopic (exact) mass is 211 g/mol. The third kappa shape index (κ3) is 1.98. The van der Waals surface area contributed by atoms with Gasteiger partial charge in [0.05, 0.1) is 18.8 Å². The molecule has 0 saturated heterocycles. The molecule has 5 nitrogen and oxygen atoms in total. The van der Waals surface area contributed by atoms with Gasteiger partial charge in [-0.25, -0.2) is 5.90 Å². The maximum absolute atomic E-state index is 9.62. The van der Waals surface area contributed by atoms with Crippen LogP contribution in [0.1, 0.15) is 12.0 Å². The first-order chi connectivity index (χ1) is 7.33. The topological polar surface area (TPSA) is 73.9 Å². The summed E-state index contributed by atoms with van der Waals surface area (Å²) in [4.78, 5) is 4.52. The van der Waals surface area contributed by atoms with E-state index in [0.29, 0.717) is 30.3 Å². The zero-order valence-electron chi connectivity index (χ0n) is 8.23. The van der Waals surface area contributed by atoms with E-state index in [4.69, 9.17) is 15.4 Å². The van der Waals surface area contributed by atoms with Gasteiger partial charge in [0.2, 0.25) is 0 Å². The highest BCUT2D eigenvalue weighted by Gasteiger charge is 2.17. The first-order valence-corrected chi connectivity index (χ1v) is 4.75. The maximum atomic E-state index is 9.62. The summed E-state index contributed by atoms with van der Waals surface area (Å²) < 4.78 is 11.0. The molecular weight excluding hydrogens is 198 g/mol. The van der Waals surface area contributed by atoms with Gasteiger partial charge in [0.1, 0.15) is 12.4 Å². The number of benzene rings is 1. The van der Waals surface area contributed by atoms with Crippen molar-refractivity contribution >= 4 is 0 Å². The lowest BCUT2D eigenvalue weighted by atomic mass is 10.1. The molecule has 0 amide bonds. The molecule has 82 valence electrons. The number of fused-ring (bicyclic) bond motifs is 1. The van der Waals surface area contributed by atoms with E-state index in [1.165, 1.54) is 0 Å². The molecule has 1 aromatic carbocycles. The van der Waals surface area contributed by atoms with E-state index in [9.17, 15) is 5.11 Å². The SMILES string of the molecule is NOCc1c(O)ccc2c1OCCCO2. The van der Waals surface area contributed by atoms with Crippen molar-refractivity contribution in [3.05, 3.63) is 17.7 Å². The predicted octanol–water partition coefficient (Wildman–Crippen LogP) is 0.944. The molecule has 0 saturated carbocycles. The summed E-state index contributed by atoms with van der Waals surface area (Å²) in [5.74, 6) is 6.24. The maximum Gasteiger partial charge on any atom is 0.170 e. The summed E-state index contributed by atoms with van der Waals surface area (Å²) in [5, 5.41) is 9.62. The minimum Gasteiger partial charge on any atom is -0.507 e. The van der Waals surface area contributed by atoms with Gasteiger partial charge in [-0.05, 0) is 12.1 Å². The van der Waals surface area contributed by atoms with Crippen molar-refractivity contribution in [3.63, 3.8) is 0 Å². The third-order valence-corrected chi connectivity index (χ3v) is 2.22. The molecule has 2 rings (SSSR count). The van der Waals surface area contributed by atoms with E-state index >= 15 is 0 Å². The Morgan fingerprint density at radius 3 is 2.93 bits per heavy atom. The van der Waals surface area contributed by atoms with E-state index in [1.807, 2.05) is 0 Å². The van der Waals surface area contributed by atoms with E-state index in [-0.39, 0.29) is 12.4 Å². The molecule has 1 aliphatic heterocycles. The van der Waals surface area contributed by atoms with Gasteiger partial charge in [-0.15, -0.1) is 0 Å². The minimum atomic E-state index is 0.0956. The summed E-state index contributed by atoms with van der Waals surface area (Å²) in [6.07, 6.45) is 0.818. The van der Waals surface area contributed by atoms with Gasteiger partial charge in [-0.2, -0.15) is 0 Å².